The Bertz CT molecular complexity index is 753. The number of nitrogens with zero attached hydrogens (tertiary/aromatic N) is 3. The van der Waals surface area contributed by atoms with Crippen molar-refractivity contribution in [3.63, 3.8) is 0 Å². The van der Waals surface area contributed by atoms with Crippen LogP contribution < -0.4 is 11.2 Å². The number of rotatable bonds is 2. The SMILES string of the molecule is O=c1[nH]c(=O)n([C@@H]2O[C@H](CO)[C@@H](O)[C@H]2O)c2nsnc12. The van der Waals surface area contributed by atoms with Crippen molar-refractivity contribution in [2.24, 2.45) is 0 Å². The second kappa shape index (κ2) is 4.71. The number of aromatic nitrogens is 4. The fourth-order valence-electron chi connectivity index (χ4n) is 2.13. The summed E-state index contributed by atoms with van der Waals surface area (Å²) in [6.07, 6.45) is -5.10. The number of fused-ring (bicyclic) bond motifs is 1. The summed E-state index contributed by atoms with van der Waals surface area (Å²) in [5, 5.41) is 28.7. The van der Waals surface area contributed by atoms with Gasteiger partial charge in [0.25, 0.3) is 5.56 Å². The molecule has 1 saturated heterocycles. The maximum Gasteiger partial charge on any atom is 0.332 e. The van der Waals surface area contributed by atoms with Crippen molar-refractivity contribution < 1.29 is 20.1 Å². The quantitative estimate of drug-likeness (QED) is 0.463. The van der Waals surface area contributed by atoms with Crippen molar-refractivity contribution in [1.82, 2.24) is 18.3 Å². The minimum absolute atomic E-state index is 0.0430. The predicted octanol–water partition coefficient (Wildman–Crippen LogP) is -2.85. The fourth-order valence-corrected chi connectivity index (χ4v) is 2.67. The van der Waals surface area contributed by atoms with Crippen LogP contribution in [0.2, 0.25) is 0 Å². The van der Waals surface area contributed by atoms with Gasteiger partial charge in [-0.2, -0.15) is 8.75 Å². The lowest BCUT2D eigenvalue weighted by Crippen LogP contribution is -2.38. The first-order valence-corrected chi connectivity index (χ1v) is 6.37. The Morgan fingerprint density at radius 1 is 1.30 bits per heavy atom. The lowest BCUT2D eigenvalue weighted by molar-refractivity contribution is -0.0529. The Morgan fingerprint density at radius 2 is 2.05 bits per heavy atom. The van der Waals surface area contributed by atoms with Gasteiger partial charge in [-0.05, 0) is 0 Å². The molecule has 0 amide bonds. The third kappa shape index (κ3) is 1.79. The molecule has 4 N–H and O–H groups in total. The van der Waals surface area contributed by atoms with E-state index in [1.165, 1.54) is 0 Å². The van der Waals surface area contributed by atoms with Gasteiger partial charge in [0, 0.05) is 0 Å². The van der Waals surface area contributed by atoms with Gasteiger partial charge in [-0.3, -0.25) is 9.78 Å². The third-order valence-electron chi connectivity index (χ3n) is 3.13. The van der Waals surface area contributed by atoms with E-state index in [1.54, 1.807) is 0 Å². The highest BCUT2D eigenvalue weighted by atomic mass is 32.1. The highest BCUT2D eigenvalue weighted by Gasteiger charge is 2.44. The molecule has 108 valence electrons. The second-order valence-corrected chi connectivity index (χ2v) is 4.82. The number of H-pyrrole nitrogens is 1. The van der Waals surface area contributed by atoms with E-state index in [9.17, 15) is 19.8 Å². The maximum atomic E-state index is 11.9. The monoisotopic (exact) mass is 302 g/mol. The molecule has 2 aromatic heterocycles. The van der Waals surface area contributed by atoms with Crippen LogP contribution in [0.15, 0.2) is 9.59 Å². The van der Waals surface area contributed by atoms with E-state index in [2.05, 4.69) is 8.75 Å². The molecule has 4 atom stereocenters. The summed E-state index contributed by atoms with van der Waals surface area (Å²) in [5.41, 5.74) is -1.64. The number of hydrogen-bond donors (Lipinski definition) is 4. The summed E-state index contributed by atoms with van der Waals surface area (Å²) in [6, 6.07) is 0. The molecular formula is C9H10N4O6S. The molecule has 20 heavy (non-hydrogen) atoms. The summed E-state index contributed by atoms with van der Waals surface area (Å²) in [7, 11) is 0. The average Bonchev–Trinajstić information content (AvgIpc) is 2.99. The summed E-state index contributed by atoms with van der Waals surface area (Å²) in [4.78, 5) is 25.5. The van der Waals surface area contributed by atoms with E-state index in [1.807, 2.05) is 4.98 Å². The molecular weight excluding hydrogens is 292 g/mol. The van der Waals surface area contributed by atoms with Gasteiger partial charge in [0.05, 0.1) is 18.3 Å². The van der Waals surface area contributed by atoms with Gasteiger partial charge in [0.2, 0.25) is 0 Å². The molecule has 0 saturated carbocycles. The fraction of sp³-hybridized carbons (Fsp3) is 0.556. The number of aliphatic hydroxyl groups is 3. The van der Waals surface area contributed by atoms with Crippen molar-refractivity contribution in [2.75, 3.05) is 6.61 Å². The van der Waals surface area contributed by atoms with E-state index in [0.717, 1.165) is 16.3 Å². The Kier molecular flexibility index (Phi) is 3.14. The van der Waals surface area contributed by atoms with Crippen LogP contribution in [0.25, 0.3) is 11.2 Å². The zero-order valence-corrected chi connectivity index (χ0v) is 10.6. The number of aliphatic hydroxyl groups excluding tert-OH is 3. The van der Waals surface area contributed by atoms with E-state index < -0.39 is 42.4 Å². The maximum absolute atomic E-state index is 11.9. The molecule has 10 nitrogen and oxygen atoms in total. The molecule has 2 aromatic rings. The molecule has 0 aliphatic carbocycles. The lowest BCUT2D eigenvalue weighted by Gasteiger charge is -2.17. The number of hydrogen-bond acceptors (Lipinski definition) is 9. The molecule has 1 aliphatic heterocycles. The lowest BCUT2D eigenvalue weighted by atomic mass is 10.1. The van der Waals surface area contributed by atoms with Crippen molar-refractivity contribution in [3.05, 3.63) is 20.8 Å². The third-order valence-corrected chi connectivity index (χ3v) is 3.64. The molecule has 3 heterocycles. The first-order chi connectivity index (χ1) is 9.54. The zero-order chi connectivity index (χ0) is 14.4. The normalized spacial score (nSPS) is 30.1. The van der Waals surface area contributed by atoms with Crippen LogP contribution in [0.3, 0.4) is 0 Å². The van der Waals surface area contributed by atoms with Crippen LogP contribution in [0.4, 0.5) is 0 Å². The zero-order valence-electron chi connectivity index (χ0n) is 9.83. The van der Waals surface area contributed by atoms with Gasteiger partial charge in [-0.25, -0.2) is 9.36 Å². The van der Waals surface area contributed by atoms with Gasteiger partial charge < -0.3 is 20.1 Å². The van der Waals surface area contributed by atoms with Gasteiger partial charge in [-0.15, -0.1) is 0 Å². The van der Waals surface area contributed by atoms with Crippen LogP contribution >= 0.6 is 11.7 Å². The summed E-state index contributed by atoms with van der Waals surface area (Å²) in [6.45, 7) is -0.523. The molecule has 0 spiro atoms. The molecule has 0 radical (unpaired) electrons. The van der Waals surface area contributed by atoms with Crippen LogP contribution in [0.1, 0.15) is 6.23 Å². The Balaban J connectivity index is 2.18. The van der Waals surface area contributed by atoms with E-state index in [-0.39, 0.29) is 11.2 Å². The van der Waals surface area contributed by atoms with Gasteiger partial charge in [0.15, 0.2) is 17.4 Å². The Morgan fingerprint density at radius 3 is 2.70 bits per heavy atom. The minimum Gasteiger partial charge on any atom is -0.394 e. The van der Waals surface area contributed by atoms with Gasteiger partial charge in [-0.1, -0.05) is 0 Å². The highest BCUT2D eigenvalue weighted by Crippen LogP contribution is 2.29. The summed E-state index contributed by atoms with van der Waals surface area (Å²) in [5.74, 6) is 0. The Labute approximate surface area is 114 Å². The molecule has 11 heteroatoms. The predicted molar refractivity (Wildman–Crippen MR) is 65.3 cm³/mol. The van der Waals surface area contributed by atoms with Crippen molar-refractivity contribution in [1.29, 1.82) is 0 Å². The van der Waals surface area contributed by atoms with Gasteiger partial charge >= 0.3 is 5.69 Å². The molecule has 0 aromatic carbocycles. The molecule has 1 fully saturated rings. The number of nitrogens with one attached hydrogen (secondary N) is 1. The smallest absolute Gasteiger partial charge is 0.332 e. The van der Waals surface area contributed by atoms with Crippen LogP contribution in [0.5, 0.6) is 0 Å². The van der Waals surface area contributed by atoms with Crippen molar-refractivity contribution in [2.45, 2.75) is 24.5 Å². The number of aromatic amines is 1. The molecule has 0 bridgehead atoms. The standard InChI is InChI=1S/C9H10N4O6S/c14-1-2-4(15)5(16)8(19-2)13-6-3(11-20-12-6)7(17)10-9(13)18/h2,4-5,8,14-16H,1H2,(H,10,17,18)/t2-,4-,5-,8-/m1/s1. The molecule has 1 aliphatic rings. The second-order valence-electron chi connectivity index (χ2n) is 4.29. The van der Waals surface area contributed by atoms with Crippen molar-refractivity contribution >= 4 is 22.9 Å². The summed E-state index contributed by atoms with van der Waals surface area (Å²) >= 11 is 0.728. The number of ether oxygens (including phenoxy) is 1. The van der Waals surface area contributed by atoms with Crippen LogP contribution in [0, 0.1) is 0 Å². The first kappa shape index (κ1) is 13.3. The van der Waals surface area contributed by atoms with E-state index in [4.69, 9.17) is 9.84 Å². The first-order valence-electron chi connectivity index (χ1n) is 5.64. The van der Waals surface area contributed by atoms with Crippen LogP contribution in [-0.4, -0.2) is 58.5 Å². The van der Waals surface area contributed by atoms with E-state index in [0.29, 0.717) is 0 Å². The van der Waals surface area contributed by atoms with E-state index >= 15 is 0 Å². The average molecular weight is 302 g/mol. The topological polar surface area (TPSA) is 151 Å². The van der Waals surface area contributed by atoms with Crippen molar-refractivity contribution in [3.8, 4) is 0 Å². The molecule has 3 rings (SSSR count). The Hall–Kier alpha value is -1.66. The van der Waals surface area contributed by atoms with Crippen LogP contribution in [-0.2, 0) is 4.74 Å². The minimum atomic E-state index is -1.44. The highest BCUT2D eigenvalue weighted by molar-refractivity contribution is 7.00. The largest absolute Gasteiger partial charge is 0.394 e. The molecule has 0 unspecified atom stereocenters. The summed E-state index contributed by atoms with van der Waals surface area (Å²) < 4.78 is 13.7. The van der Waals surface area contributed by atoms with Gasteiger partial charge in [0.1, 0.15) is 18.3 Å².